The van der Waals surface area contributed by atoms with E-state index in [1.165, 1.54) is 12.1 Å². The van der Waals surface area contributed by atoms with E-state index in [1.807, 2.05) is 0 Å². The molecule has 0 bridgehead atoms. The minimum absolute atomic E-state index is 0.173. The fourth-order valence-corrected chi connectivity index (χ4v) is 1.95. The van der Waals surface area contributed by atoms with E-state index in [-0.39, 0.29) is 16.3 Å². The standard InChI is InChI=1S/C11H6F3N3O/c12-11(13,14)7-3-1-2-5-8-6(4-15-9(5)7)10(18)17-16-8/h1-4H,(H2,16,17,18). The highest BCUT2D eigenvalue weighted by atomic mass is 19.4. The van der Waals surface area contributed by atoms with Gasteiger partial charge in [-0.15, -0.1) is 0 Å². The first-order valence-corrected chi connectivity index (χ1v) is 5.04. The molecule has 1 aromatic carbocycles. The van der Waals surface area contributed by atoms with Crippen LogP contribution in [0.1, 0.15) is 5.56 Å². The second-order valence-corrected chi connectivity index (χ2v) is 3.83. The average Bonchev–Trinajstić information content (AvgIpc) is 2.69. The molecule has 0 saturated carbocycles. The van der Waals surface area contributed by atoms with Gasteiger partial charge in [0, 0.05) is 11.6 Å². The van der Waals surface area contributed by atoms with Gasteiger partial charge in [-0.1, -0.05) is 12.1 Å². The highest BCUT2D eigenvalue weighted by Crippen LogP contribution is 2.34. The third-order valence-electron chi connectivity index (χ3n) is 2.75. The third-order valence-corrected chi connectivity index (χ3v) is 2.75. The molecule has 4 nitrogen and oxygen atoms in total. The number of fused-ring (bicyclic) bond motifs is 3. The summed E-state index contributed by atoms with van der Waals surface area (Å²) in [5.74, 6) is 0. The van der Waals surface area contributed by atoms with Crippen LogP contribution in [0.3, 0.4) is 0 Å². The topological polar surface area (TPSA) is 61.5 Å². The van der Waals surface area contributed by atoms with Crippen LogP contribution in [0, 0.1) is 0 Å². The maximum Gasteiger partial charge on any atom is 0.418 e. The fraction of sp³-hybridized carbons (Fsp3) is 0.0909. The number of benzene rings is 1. The first-order valence-electron chi connectivity index (χ1n) is 5.04. The van der Waals surface area contributed by atoms with Crippen LogP contribution < -0.4 is 5.56 Å². The van der Waals surface area contributed by atoms with E-state index in [1.54, 1.807) is 0 Å². The Morgan fingerprint density at radius 1 is 1.11 bits per heavy atom. The van der Waals surface area contributed by atoms with E-state index in [4.69, 9.17) is 0 Å². The number of aromatic amines is 2. The second-order valence-electron chi connectivity index (χ2n) is 3.83. The van der Waals surface area contributed by atoms with Crippen LogP contribution in [0.4, 0.5) is 13.2 Å². The van der Waals surface area contributed by atoms with Crippen LogP contribution in [0.5, 0.6) is 0 Å². The highest BCUT2D eigenvalue weighted by Gasteiger charge is 2.33. The third kappa shape index (κ3) is 1.40. The largest absolute Gasteiger partial charge is 0.418 e. The number of nitrogens with zero attached hydrogens (tertiary/aromatic N) is 1. The SMILES string of the molecule is O=c1[nH][nH]c2c1cnc1c(C(F)(F)F)cccc12. The minimum atomic E-state index is -4.48. The molecule has 0 fully saturated rings. The molecular weight excluding hydrogens is 247 g/mol. The Kier molecular flexibility index (Phi) is 2.01. The zero-order valence-electron chi connectivity index (χ0n) is 8.80. The Hall–Kier alpha value is -2.31. The number of aromatic nitrogens is 3. The van der Waals surface area contributed by atoms with Crippen molar-refractivity contribution < 1.29 is 13.2 Å². The van der Waals surface area contributed by atoms with Gasteiger partial charge in [0.05, 0.1) is 22.0 Å². The van der Waals surface area contributed by atoms with Gasteiger partial charge in [0.25, 0.3) is 5.56 Å². The van der Waals surface area contributed by atoms with Gasteiger partial charge in [-0.25, -0.2) is 0 Å². The Morgan fingerprint density at radius 3 is 2.61 bits per heavy atom. The van der Waals surface area contributed by atoms with Crippen molar-refractivity contribution in [3.63, 3.8) is 0 Å². The first-order chi connectivity index (χ1) is 8.48. The van der Waals surface area contributed by atoms with E-state index in [2.05, 4.69) is 15.2 Å². The Balaban J connectivity index is 2.51. The van der Waals surface area contributed by atoms with Crippen molar-refractivity contribution >= 4 is 21.8 Å². The van der Waals surface area contributed by atoms with E-state index in [0.717, 1.165) is 12.3 Å². The fourth-order valence-electron chi connectivity index (χ4n) is 1.95. The van der Waals surface area contributed by atoms with Crippen LogP contribution in [0.15, 0.2) is 29.2 Å². The summed E-state index contributed by atoms with van der Waals surface area (Å²) in [5, 5.41) is 5.39. The lowest BCUT2D eigenvalue weighted by molar-refractivity contribution is -0.136. The molecule has 0 radical (unpaired) electrons. The summed E-state index contributed by atoms with van der Waals surface area (Å²) in [6.07, 6.45) is -3.33. The monoisotopic (exact) mass is 253 g/mol. The predicted molar refractivity (Wildman–Crippen MR) is 59.2 cm³/mol. The van der Waals surface area contributed by atoms with Crippen molar-refractivity contribution in [1.82, 2.24) is 15.2 Å². The summed E-state index contributed by atoms with van der Waals surface area (Å²) in [6, 6.07) is 3.74. The summed E-state index contributed by atoms with van der Waals surface area (Å²) < 4.78 is 38.4. The molecule has 2 heterocycles. The number of hydrogen-bond acceptors (Lipinski definition) is 2. The van der Waals surface area contributed by atoms with Crippen LogP contribution in [0.25, 0.3) is 21.8 Å². The van der Waals surface area contributed by atoms with Crippen molar-refractivity contribution in [2.45, 2.75) is 6.18 Å². The number of hydrogen-bond donors (Lipinski definition) is 2. The molecule has 0 aliphatic carbocycles. The molecule has 3 rings (SSSR count). The van der Waals surface area contributed by atoms with E-state index in [0.29, 0.717) is 5.52 Å². The van der Waals surface area contributed by atoms with Crippen LogP contribution in [-0.2, 0) is 6.18 Å². The Morgan fingerprint density at radius 2 is 1.89 bits per heavy atom. The zero-order valence-corrected chi connectivity index (χ0v) is 8.80. The normalized spacial score (nSPS) is 12.4. The van der Waals surface area contributed by atoms with Crippen molar-refractivity contribution in [2.75, 3.05) is 0 Å². The number of H-pyrrole nitrogens is 2. The Labute approximate surface area is 97.4 Å². The number of rotatable bonds is 0. The molecule has 0 amide bonds. The average molecular weight is 253 g/mol. The molecule has 0 aliphatic heterocycles. The maximum absolute atomic E-state index is 12.8. The summed E-state index contributed by atoms with van der Waals surface area (Å²) in [5.41, 5.74) is -1.07. The summed E-state index contributed by atoms with van der Waals surface area (Å²) in [7, 11) is 0. The molecule has 92 valence electrons. The van der Waals surface area contributed by atoms with Gasteiger partial charge in [-0.05, 0) is 6.07 Å². The molecule has 0 unspecified atom stereocenters. The maximum atomic E-state index is 12.8. The van der Waals surface area contributed by atoms with Crippen LogP contribution in [0.2, 0.25) is 0 Å². The van der Waals surface area contributed by atoms with Gasteiger partial charge < -0.3 is 0 Å². The van der Waals surface area contributed by atoms with Gasteiger partial charge in [-0.3, -0.25) is 20.0 Å². The molecule has 3 aromatic rings. The number of alkyl halides is 3. The van der Waals surface area contributed by atoms with Crippen LogP contribution in [-0.4, -0.2) is 15.2 Å². The first kappa shape index (κ1) is 10.8. The second kappa shape index (κ2) is 3.34. The predicted octanol–water partition coefficient (Wildman–Crippen LogP) is 2.42. The van der Waals surface area contributed by atoms with Gasteiger partial charge in [-0.2, -0.15) is 13.2 Å². The lowest BCUT2D eigenvalue weighted by atomic mass is 10.1. The van der Waals surface area contributed by atoms with Crippen molar-refractivity contribution in [1.29, 1.82) is 0 Å². The number of pyridine rings is 1. The van der Waals surface area contributed by atoms with Gasteiger partial charge in [0.15, 0.2) is 0 Å². The molecule has 0 saturated heterocycles. The van der Waals surface area contributed by atoms with Crippen LogP contribution >= 0.6 is 0 Å². The molecule has 0 atom stereocenters. The van der Waals surface area contributed by atoms with Gasteiger partial charge in [0.1, 0.15) is 0 Å². The van der Waals surface area contributed by atoms with Gasteiger partial charge >= 0.3 is 6.18 Å². The molecule has 2 aromatic heterocycles. The van der Waals surface area contributed by atoms with E-state index in [9.17, 15) is 18.0 Å². The molecule has 0 spiro atoms. The summed E-state index contributed by atoms with van der Waals surface area (Å²) in [6.45, 7) is 0. The number of nitrogens with one attached hydrogen (secondary N) is 2. The van der Waals surface area contributed by atoms with E-state index >= 15 is 0 Å². The molecular formula is C11H6F3N3O. The Bertz CT molecular complexity index is 800. The number of halogens is 3. The molecule has 18 heavy (non-hydrogen) atoms. The van der Waals surface area contributed by atoms with E-state index < -0.39 is 17.3 Å². The van der Waals surface area contributed by atoms with Crippen molar-refractivity contribution in [2.24, 2.45) is 0 Å². The highest BCUT2D eigenvalue weighted by molar-refractivity contribution is 6.03. The molecule has 0 aliphatic rings. The van der Waals surface area contributed by atoms with Crippen molar-refractivity contribution in [3.8, 4) is 0 Å². The minimum Gasteiger partial charge on any atom is -0.297 e. The molecule has 7 heteroatoms. The number of para-hydroxylation sites is 1. The summed E-state index contributed by atoms with van der Waals surface area (Å²) in [4.78, 5) is 15.1. The quantitative estimate of drug-likeness (QED) is 0.646. The van der Waals surface area contributed by atoms with Crippen molar-refractivity contribution in [3.05, 3.63) is 40.3 Å². The van der Waals surface area contributed by atoms with Gasteiger partial charge in [0.2, 0.25) is 0 Å². The lowest BCUT2D eigenvalue weighted by Gasteiger charge is -2.09. The molecule has 2 N–H and O–H groups in total. The zero-order chi connectivity index (χ0) is 12.9. The lowest BCUT2D eigenvalue weighted by Crippen LogP contribution is -2.06. The smallest absolute Gasteiger partial charge is 0.297 e. The summed E-state index contributed by atoms with van der Waals surface area (Å²) >= 11 is 0.